The van der Waals surface area contributed by atoms with E-state index < -0.39 is 20.9 Å². The molecule has 0 amide bonds. The van der Waals surface area contributed by atoms with Gasteiger partial charge in [-0.15, -0.1) is 0 Å². The lowest BCUT2D eigenvalue weighted by atomic mass is 9.84. The molecule has 2 aromatic rings. The average molecular weight is 521 g/mol. The van der Waals surface area contributed by atoms with Gasteiger partial charge in [0.1, 0.15) is 0 Å². The highest BCUT2D eigenvalue weighted by molar-refractivity contribution is 7.91. The number of hydrogen-bond acceptors (Lipinski definition) is 6. The first-order valence-electron chi connectivity index (χ1n) is 12.0. The third kappa shape index (κ3) is 6.29. The van der Waals surface area contributed by atoms with Gasteiger partial charge in [-0.05, 0) is 34.4 Å². The first kappa shape index (κ1) is 26.2. The molecule has 2 atom stereocenters. The normalized spacial score (nSPS) is 23.2. The van der Waals surface area contributed by atoms with Crippen molar-refractivity contribution >= 4 is 9.84 Å². The Morgan fingerprint density at radius 3 is 1.35 bits per heavy atom. The standard InChI is InChI=1S/C28H28N2O6S/c31-29(32)27(19-23-7-3-1-4-8-23)15-11-25(12-16-27)21-37(35,36)22-26-13-17-28(18-14-26,30(33)34)20-24-9-5-2-6-10-24/h1-15,17H,16,18-22H2. The van der Waals surface area contributed by atoms with E-state index in [9.17, 15) is 28.6 Å². The van der Waals surface area contributed by atoms with E-state index >= 15 is 0 Å². The van der Waals surface area contributed by atoms with Crippen molar-refractivity contribution in [3.05, 3.63) is 140 Å². The maximum Gasteiger partial charge on any atom is 0.248 e. The van der Waals surface area contributed by atoms with Crippen LogP contribution in [0.4, 0.5) is 0 Å². The van der Waals surface area contributed by atoms with Gasteiger partial charge >= 0.3 is 0 Å². The zero-order valence-corrected chi connectivity index (χ0v) is 21.0. The highest BCUT2D eigenvalue weighted by Crippen LogP contribution is 2.31. The molecule has 2 aliphatic carbocycles. The highest BCUT2D eigenvalue weighted by atomic mass is 32.2. The van der Waals surface area contributed by atoms with Crippen molar-refractivity contribution in [2.45, 2.75) is 36.8 Å². The molecule has 0 aromatic heterocycles. The molecule has 2 unspecified atom stereocenters. The molecule has 0 bridgehead atoms. The van der Waals surface area contributed by atoms with E-state index in [-0.39, 0.29) is 47.0 Å². The molecule has 192 valence electrons. The molecular formula is C28H28N2O6S. The fraction of sp³-hybridized carbons (Fsp3) is 0.286. The first-order valence-corrected chi connectivity index (χ1v) is 13.8. The zero-order valence-electron chi connectivity index (χ0n) is 20.2. The SMILES string of the molecule is O=[N+]([O-])C1(Cc2ccccc2)C=CC(CS(=O)(=O)CC2=CCC(Cc3ccccc3)([N+](=O)[O-])C=C2)=CC1. The second kappa shape index (κ2) is 10.6. The van der Waals surface area contributed by atoms with Gasteiger partial charge in [0.2, 0.25) is 11.1 Å². The van der Waals surface area contributed by atoms with E-state index in [0.717, 1.165) is 11.1 Å². The Morgan fingerprint density at radius 2 is 1.05 bits per heavy atom. The summed E-state index contributed by atoms with van der Waals surface area (Å²) in [5.74, 6) is -0.504. The number of allylic oxidation sites excluding steroid dienone is 2. The summed E-state index contributed by atoms with van der Waals surface area (Å²) in [5.41, 5.74) is 0.0657. The van der Waals surface area contributed by atoms with Crippen LogP contribution in [0.5, 0.6) is 0 Å². The van der Waals surface area contributed by atoms with Crippen LogP contribution in [0.2, 0.25) is 0 Å². The lowest BCUT2D eigenvalue weighted by Gasteiger charge is -2.25. The minimum Gasteiger partial charge on any atom is -0.264 e. The summed E-state index contributed by atoms with van der Waals surface area (Å²) in [6, 6.07) is 18.3. The molecule has 0 aliphatic heterocycles. The molecule has 9 heteroatoms. The van der Waals surface area contributed by atoms with Gasteiger partial charge in [0, 0.05) is 35.5 Å². The van der Waals surface area contributed by atoms with Crippen LogP contribution in [-0.4, -0.2) is 40.8 Å². The summed E-state index contributed by atoms with van der Waals surface area (Å²) in [6.07, 6.45) is 9.97. The van der Waals surface area contributed by atoms with Gasteiger partial charge < -0.3 is 0 Å². The summed E-state index contributed by atoms with van der Waals surface area (Å²) in [4.78, 5) is 23.2. The van der Waals surface area contributed by atoms with Crippen molar-refractivity contribution in [2.24, 2.45) is 0 Å². The van der Waals surface area contributed by atoms with Crippen LogP contribution < -0.4 is 0 Å². The first-order chi connectivity index (χ1) is 17.6. The Kier molecular flexibility index (Phi) is 7.54. The van der Waals surface area contributed by atoms with Crippen molar-refractivity contribution in [3.63, 3.8) is 0 Å². The van der Waals surface area contributed by atoms with Gasteiger partial charge in [-0.2, -0.15) is 0 Å². The minimum atomic E-state index is -3.59. The predicted octanol–water partition coefficient (Wildman–Crippen LogP) is 4.69. The molecule has 37 heavy (non-hydrogen) atoms. The second-order valence-corrected chi connectivity index (χ2v) is 11.8. The van der Waals surface area contributed by atoms with E-state index in [1.54, 1.807) is 12.2 Å². The Morgan fingerprint density at radius 1 is 0.676 bits per heavy atom. The fourth-order valence-electron chi connectivity index (χ4n) is 4.75. The number of nitrogens with zero attached hydrogens (tertiary/aromatic N) is 2. The molecule has 8 nitrogen and oxygen atoms in total. The van der Waals surface area contributed by atoms with Crippen LogP contribution in [0.25, 0.3) is 0 Å². The van der Waals surface area contributed by atoms with Crippen LogP contribution in [-0.2, 0) is 22.7 Å². The van der Waals surface area contributed by atoms with Crippen molar-refractivity contribution in [2.75, 3.05) is 11.5 Å². The molecule has 0 radical (unpaired) electrons. The Hall–Kier alpha value is -3.85. The smallest absolute Gasteiger partial charge is 0.248 e. The van der Waals surface area contributed by atoms with Crippen LogP contribution in [0.1, 0.15) is 24.0 Å². The molecule has 0 fully saturated rings. The van der Waals surface area contributed by atoms with Gasteiger partial charge in [-0.3, -0.25) is 20.2 Å². The van der Waals surface area contributed by atoms with Crippen LogP contribution in [0.3, 0.4) is 0 Å². The third-order valence-corrected chi connectivity index (χ3v) is 8.40. The maximum absolute atomic E-state index is 12.9. The van der Waals surface area contributed by atoms with Crippen molar-refractivity contribution in [3.8, 4) is 0 Å². The van der Waals surface area contributed by atoms with Crippen molar-refractivity contribution in [1.29, 1.82) is 0 Å². The van der Waals surface area contributed by atoms with E-state index in [4.69, 9.17) is 0 Å². The van der Waals surface area contributed by atoms with Crippen LogP contribution >= 0.6 is 0 Å². The highest BCUT2D eigenvalue weighted by Gasteiger charge is 2.42. The van der Waals surface area contributed by atoms with Gasteiger partial charge in [0.15, 0.2) is 9.84 Å². The van der Waals surface area contributed by atoms with Crippen LogP contribution in [0.15, 0.2) is 108 Å². The largest absolute Gasteiger partial charge is 0.264 e. The molecule has 2 aliphatic rings. The monoisotopic (exact) mass is 520 g/mol. The number of benzene rings is 2. The maximum atomic E-state index is 12.9. The van der Waals surface area contributed by atoms with Crippen molar-refractivity contribution in [1.82, 2.24) is 0 Å². The quantitative estimate of drug-likeness (QED) is 0.331. The topological polar surface area (TPSA) is 120 Å². The zero-order chi connectivity index (χ0) is 26.5. The van der Waals surface area contributed by atoms with Crippen molar-refractivity contribution < 1.29 is 18.3 Å². The van der Waals surface area contributed by atoms with E-state index in [0.29, 0.717) is 11.1 Å². The Bertz CT molecular complexity index is 1300. The molecule has 4 rings (SSSR count). The average Bonchev–Trinajstić information content (AvgIpc) is 2.87. The molecule has 0 saturated carbocycles. The lowest BCUT2D eigenvalue weighted by Crippen LogP contribution is -2.40. The minimum absolute atomic E-state index is 0.101. The van der Waals surface area contributed by atoms with E-state index in [1.165, 1.54) is 24.3 Å². The summed E-state index contributed by atoms with van der Waals surface area (Å²) in [5, 5.41) is 23.8. The number of sulfone groups is 1. The third-order valence-electron chi connectivity index (χ3n) is 6.86. The molecule has 0 spiro atoms. The Balaban J connectivity index is 1.40. The summed E-state index contributed by atoms with van der Waals surface area (Å²) in [7, 11) is -3.59. The fourth-order valence-corrected chi connectivity index (χ4v) is 6.29. The van der Waals surface area contributed by atoms with Gasteiger partial charge in [0.05, 0.1) is 11.5 Å². The summed E-state index contributed by atoms with van der Waals surface area (Å²) >= 11 is 0. The van der Waals surface area contributed by atoms with Crippen LogP contribution in [0, 0.1) is 20.2 Å². The molecule has 0 saturated heterocycles. The molecule has 2 aromatic carbocycles. The molecular weight excluding hydrogens is 492 g/mol. The number of nitro groups is 2. The van der Waals surface area contributed by atoms with Gasteiger partial charge in [0.25, 0.3) is 0 Å². The lowest BCUT2D eigenvalue weighted by molar-refractivity contribution is -0.554. The molecule has 0 heterocycles. The Labute approximate surface area is 215 Å². The van der Waals surface area contributed by atoms with E-state index in [2.05, 4.69) is 0 Å². The van der Waals surface area contributed by atoms with E-state index in [1.807, 2.05) is 60.7 Å². The summed E-state index contributed by atoms with van der Waals surface area (Å²) in [6.45, 7) is 0. The number of rotatable bonds is 10. The van der Waals surface area contributed by atoms with Gasteiger partial charge in [-0.25, -0.2) is 8.42 Å². The second-order valence-electron chi connectivity index (χ2n) is 9.71. The van der Waals surface area contributed by atoms with Gasteiger partial charge in [-0.1, -0.05) is 85.0 Å². The summed E-state index contributed by atoms with van der Waals surface area (Å²) < 4.78 is 25.8. The number of hydrogen-bond donors (Lipinski definition) is 0. The molecule has 0 N–H and O–H groups in total. The predicted molar refractivity (Wildman–Crippen MR) is 142 cm³/mol.